The Morgan fingerprint density at radius 1 is 1.14 bits per heavy atom. The van der Waals surface area contributed by atoms with Crippen molar-refractivity contribution in [2.45, 2.75) is 19.0 Å². The average molecular weight is 567 g/mol. The predicted molar refractivity (Wildman–Crippen MR) is 155 cm³/mol. The molecule has 5 aromatic rings. The van der Waals surface area contributed by atoms with Crippen LogP contribution in [0.4, 0.5) is 15.9 Å². The second-order valence-electron chi connectivity index (χ2n) is 9.92. The molecule has 0 bridgehead atoms. The number of pyridine rings is 1. The second kappa shape index (κ2) is 11.2. The van der Waals surface area contributed by atoms with E-state index in [0.29, 0.717) is 40.5 Å². The molecule has 1 fully saturated rings. The van der Waals surface area contributed by atoms with Crippen molar-refractivity contribution in [1.82, 2.24) is 30.0 Å². The zero-order chi connectivity index (χ0) is 29.2. The number of nitrogen functional groups attached to an aromatic ring is 1. The van der Waals surface area contributed by atoms with Crippen LogP contribution in [-0.2, 0) is 6.54 Å². The highest BCUT2D eigenvalue weighted by Crippen LogP contribution is 2.35. The number of methoxy groups -OCH3 is 1. The van der Waals surface area contributed by atoms with E-state index in [9.17, 15) is 14.0 Å². The Labute approximate surface area is 240 Å². The summed E-state index contributed by atoms with van der Waals surface area (Å²) in [5, 5.41) is 8.44. The van der Waals surface area contributed by atoms with E-state index in [4.69, 9.17) is 15.6 Å². The smallest absolute Gasteiger partial charge is 0.255 e. The minimum atomic E-state index is -0.518. The average Bonchev–Trinajstić information content (AvgIpc) is 3.66. The molecular formula is C30H27FN8O3. The molecule has 1 aliphatic heterocycles. The van der Waals surface area contributed by atoms with Crippen molar-refractivity contribution in [3.05, 3.63) is 89.8 Å². The van der Waals surface area contributed by atoms with Gasteiger partial charge in [0.25, 0.3) is 5.91 Å². The maximum Gasteiger partial charge on any atom is 0.255 e. The molecule has 0 radical (unpaired) electrons. The summed E-state index contributed by atoms with van der Waals surface area (Å²) in [5.41, 5.74) is 10.8. The van der Waals surface area contributed by atoms with Crippen molar-refractivity contribution in [2.24, 2.45) is 0 Å². The van der Waals surface area contributed by atoms with Crippen LogP contribution < -0.4 is 20.7 Å². The first-order valence-electron chi connectivity index (χ1n) is 13.3. The van der Waals surface area contributed by atoms with Crippen molar-refractivity contribution in [3.63, 3.8) is 0 Å². The van der Waals surface area contributed by atoms with Gasteiger partial charge in [-0.15, -0.1) is 0 Å². The molecule has 0 spiro atoms. The molecule has 12 heteroatoms. The van der Waals surface area contributed by atoms with E-state index in [1.54, 1.807) is 12.3 Å². The van der Waals surface area contributed by atoms with Crippen LogP contribution in [-0.4, -0.2) is 57.1 Å². The molecule has 0 saturated carbocycles. The standard InChI is InChI=1S/C30H27FN8O3/c1-42-25-9-6-20(31)12-24(25)30(41)34-13-18-2-4-19(5-3-18)27-26-28(32)35-17-36-29(26)39(37-27)23-10-11-38(15-23)22-8-7-21(16-40)33-14-22/h2-9,12,14,16-17,23H,10-11,13,15H2,1H3,(H,34,41)(H2,32,35,36). The minimum Gasteiger partial charge on any atom is -0.496 e. The van der Waals surface area contributed by atoms with Gasteiger partial charge in [0, 0.05) is 25.2 Å². The summed E-state index contributed by atoms with van der Waals surface area (Å²) in [7, 11) is 1.43. The molecule has 3 N–H and O–H groups in total. The highest BCUT2D eigenvalue weighted by Gasteiger charge is 2.29. The monoisotopic (exact) mass is 566 g/mol. The molecule has 1 atom stereocenters. The van der Waals surface area contributed by atoms with Crippen molar-refractivity contribution in [3.8, 4) is 17.0 Å². The number of hydrogen-bond acceptors (Lipinski definition) is 9. The van der Waals surface area contributed by atoms with Gasteiger partial charge in [-0.1, -0.05) is 24.3 Å². The van der Waals surface area contributed by atoms with E-state index in [0.717, 1.165) is 42.1 Å². The molecule has 2 aromatic carbocycles. The number of hydrogen-bond donors (Lipinski definition) is 2. The van der Waals surface area contributed by atoms with Gasteiger partial charge in [-0.25, -0.2) is 19.0 Å². The van der Waals surface area contributed by atoms with E-state index < -0.39 is 11.7 Å². The number of ether oxygens (including phenoxy) is 1. The van der Waals surface area contributed by atoms with Crippen LogP contribution in [0.5, 0.6) is 5.75 Å². The minimum absolute atomic E-state index is 0.0376. The number of halogens is 1. The summed E-state index contributed by atoms with van der Waals surface area (Å²) in [6, 6.07) is 15.0. The molecule has 212 valence electrons. The number of rotatable bonds is 8. The molecule has 42 heavy (non-hydrogen) atoms. The maximum absolute atomic E-state index is 13.7. The van der Waals surface area contributed by atoms with E-state index in [1.165, 1.54) is 25.6 Å². The van der Waals surface area contributed by atoms with Gasteiger partial charge in [0.15, 0.2) is 11.9 Å². The quantitative estimate of drug-likeness (QED) is 0.268. The molecule has 1 saturated heterocycles. The predicted octanol–water partition coefficient (Wildman–Crippen LogP) is 3.81. The van der Waals surface area contributed by atoms with Gasteiger partial charge in [0.2, 0.25) is 0 Å². The molecule has 1 amide bonds. The zero-order valence-corrected chi connectivity index (χ0v) is 22.7. The Hall–Kier alpha value is -5.39. The Bertz CT molecular complexity index is 1770. The lowest BCUT2D eigenvalue weighted by atomic mass is 10.1. The lowest BCUT2D eigenvalue weighted by Crippen LogP contribution is -2.23. The molecule has 0 aliphatic carbocycles. The normalized spacial score (nSPS) is 14.7. The van der Waals surface area contributed by atoms with E-state index in [-0.39, 0.29) is 18.2 Å². The molecule has 11 nitrogen and oxygen atoms in total. The van der Waals surface area contributed by atoms with Crippen molar-refractivity contribution in [2.75, 3.05) is 30.8 Å². The number of amides is 1. The lowest BCUT2D eigenvalue weighted by Gasteiger charge is -2.18. The summed E-state index contributed by atoms with van der Waals surface area (Å²) in [6.07, 6.45) is 4.71. The van der Waals surface area contributed by atoms with Crippen molar-refractivity contribution >= 4 is 34.7 Å². The van der Waals surface area contributed by atoms with E-state index in [1.807, 2.05) is 35.0 Å². The number of nitrogens with two attached hydrogens (primary N) is 1. The fourth-order valence-electron chi connectivity index (χ4n) is 5.20. The lowest BCUT2D eigenvalue weighted by molar-refractivity contribution is 0.0947. The van der Waals surface area contributed by atoms with Crippen LogP contribution in [0.3, 0.4) is 0 Å². The second-order valence-corrected chi connectivity index (χ2v) is 9.92. The number of carbonyl (C=O) groups excluding carboxylic acids is 2. The van der Waals surface area contributed by atoms with Crippen molar-refractivity contribution in [1.29, 1.82) is 0 Å². The summed E-state index contributed by atoms with van der Waals surface area (Å²) >= 11 is 0. The van der Waals surface area contributed by atoms with Gasteiger partial charge in [0.05, 0.1) is 36.0 Å². The van der Waals surface area contributed by atoms with Gasteiger partial charge in [-0.05, 0) is 42.3 Å². The van der Waals surface area contributed by atoms with E-state index in [2.05, 4.69) is 25.2 Å². The van der Waals surface area contributed by atoms with Gasteiger partial charge in [0.1, 0.15) is 35.1 Å². The zero-order valence-electron chi connectivity index (χ0n) is 22.7. The van der Waals surface area contributed by atoms with Crippen LogP contribution in [0.25, 0.3) is 22.3 Å². The first kappa shape index (κ1) is 26.8. The maximum atomic E-state index is 13.7. The summed E-state index contributed by atoms with van der Waals surface area (Å²) in [5.74, 6) is -0.323. The summed E-state index contributed by atoms with van der Waals surface area (Å²) < 4.78 is 20.8. The molecule has 3 aromatic heterocycles. The van der Waals surface area contributed by atoms with Crippen LogP contribution in [0.15, 0.2) is 67.1 Å². The Balaban J connectivity index is 1.22. The number of nitrogens with zero attached hydrogens (tertiary/aromatic N) is 6. The van der Waals surface area contributed by atoms with Crippen LogP contribution in [0, 0.1) is 5.82 Å². The van der Waals surface area contributed by atoms with Gasteiger partial charge in [-0.2, -0.15) is 5.10 Å². The Morgan fingerprint density at radius 2 is 1.98 bits per heavy atom. The topological polar surface area (TPSA) is 141 Å². The first-order valence-corrected chi connectivity index (χ1v) is 13.3. The Kier molecular flexibility index (Phi) is 7.17. The van der Waals surface area contributed by atoms with Crippen LogP contribution in [0.1, 0.15) is 38.9 Å². The summed E-state index contributed by atoms with van der Waals surface area (Å²) in [4.78, 5) is 38.8. The number of anilines is 2. The molecule has 4 heterocycles. The third-order valence-corrected chi connectivity index (χ3v) is 7.37. The highest BCUT2D eigenvalue weighted by atomic mass is 19.1. The Morgan fingerprint density at radius 3 is 2.71 bits per heavy atom. The van der Waals surface area contributed by atoms with Crippen LogP contribution in [0.2, 0.25) is 0 Å². The number of carbonyl (C=O) groups is 2. The van der Waals surface area contributed by atoms with Crippen LogP contribution >= 0.6 is 0 Å². The number of fused-ring (bicyclic) bond motifs is 1. The molecular weight excluding hydrogens is 539 g/mol. The number of benzene rings is 2. The largest absolute Gasteiger partial charge is 0.496 e. The number of aromatic nitrogens is 5. The van der Waals surface area contributed by atoms with Gasteiger partial charge >= 0.3 is 0 Å². The first-order chi connectivity index (χ1) is 20.4. The fraction of sp³-hybridized carbons (Fsp3) is 0.200. The highest BCUT2D eigenvalue weighted by molar-refractivity contribution is 5.98. The summed E-state index contributed by atoms with van der Waals surface area (Å²) in [6.45, 7) is 1.72. The fourth-order valence-corrected chi connectivity index (χ4v) is 5.20. The molecule has 6 rings (SSSR count). The third kappa shape index (κ3) is 5.09. The molecule has 1 unspecified atom stereocenters. The number of nitrogens with one attached hydrogen (secondary N) is 1. The third-order valence-electron chi connectivity index (χ3n) is 7.37. The van der Waals surface area contributed by atoms with Gasteiger partial charge in [-0.3, -0.25) is 14.6 Å². The van der Waals surface area contributed by atoms with Gasteiger partial charge < -0.3 is 20.7 Å². The number of aldehydes is 1. The SMILES string of the molecule is COc1ccc(F)cc1C(=O)NCc1ccc(-c2nn(C3CCN(c4ccc(C=O)nc4)C3)c3ncnc(N)c23)cc1. The van der Waals surface area contributed by atoms with Crippen molar-refractivity contribution < 1.29 is 18.7 Å². The molecule has 1 aliphatic rings. The van der Waals surface area contributed by atoms with E-state index >= 15 is 0 Å².